The fourth-order valence-corrected chi connectivity index (χ4v) is 2.24. The molecule has 0 fully saturated rings. The first kappa shape index (κ1) is 12.2. The molecular formula is C12H9BrClNO2. The first-order valence-electron chi connectivity index (χ1n) is 4.89. The van der Waals surface area contributed by atoms with Crippen LogP contribution in [0.1, 0.15) is 15.9 Å². The number of aromatic carboxylic acids is 1. The Bertz CT molecular complexity index is 565. The van der Waals surface area contributed by atoms with E-state index in [0.717, 1.165) is 10.2 Å². The summed E-state index contributed by atoms with van der Waals surface area (Å²) in [7, 11) is 0. The molecule has 1 aromatic carbocycles. The fourth-order valence-electron chi connectivity index (χ4n) is 1.55. The second-order valence-electron chi connectivity index (χ2n) is 3.61. The molecule has 5 heteroatoms. The van der Waals surface area contributed by atoms with E-state index in [1.54, 1.807) is 18.3 Å². The highest BCUT2D eigenvalue weighted by atomic mass is 79.9. The van der Waals surface area contributed by atoms with E-state index in [2.05, 4.69) is 15.9 Å². The van der Waals surface area contributed by atoms with Gasteiger partial charge in [-0.25, -0.2) is 4.79 Å². The third-order valence-corrected chi connectivity index (χ3v) is 3.25. The van der Waals surface area contributed by atoms with Crippen LogP contribution in [-0.4, -0.2) is 15.6 Å². The lowest BCUT2D eigenvalue weighted by Crippen LogP contribution is -1.99. The normalized spacial score (nSPS) is 10.5. The summed E-state index contributed by atoms with van der Waals surface area (Å²) in [5.41, 5.74) is 1.28. The molecule has 0 unspecified atom stereocenters. The molecule has 1 heterocycles. The van der Waals surface area contributed by atoms with Gasteiger partial charge in [-0.3, -0.25) is 0 Å². The van der Waals surface area contributed by atoms with E-state index >= 15 is 0 Å². The molecule has 2 rings (SSSR count). The summed E-state index contributed by atoms with van der Waals surface area (Å²) in [6.45, 7) is 0.578. The van der Waals surface area contributed by atoms with Crippen molar-refractivity contribution < 1.29 is 9.90 Å². The zero-order valence-corrected chi connectivity index (χ0v) is 11.1. The number of rotatable bonds is 3. The summed E-state index contributed by atoms with van der Waals surface area (Å²) < 4.78 is 2.55. The van der Waals surface area contributed by atoms with Crippen LogP contribution in [-0.2, 0) is 6.54 Å². The number of benzene rings is 1. The van der Waals surface area contributed by atoms with E-state index in [-0.39, 0.29) is 5.56 Å². The molecule has 0 aliphatic carbocycles. The van der Waals surface area contributed by atoms with Crippen LogP contribution in [0, 0.1) is 0 Å². The average Bonchev–Trinajstić information content (AvgIpc) is 2.61. The van der Waals surface area contributed by atoms with E-state index in [4.69, 9.17) is 16.7 Å². The van der Waals surface area contributed by atoms with Crippen molar-refractivity contribution in [1.82, 2.24) is 4.57 Å². The van der Waals surface area contributed by atoms with Crippen LogP contribution in [0.25, 0.3) is 0 Å². The second kappa shape index (κ2) is 4.94. The van der Waals surface area contributed by atoms with Gasteiger partial charge >= 0.3 is 5.97 Å². The van der Waals surface area contributed by atoms with E-state index in [0.29, 0.717) is 11.6 Å². The minimum atomic E-state index is -0.935. The Morgan fingerprint density at radius 2 is 2.18 bits per heavy atom. The molecule has 0 radical (unpaired) electrons. The molecule has 0 atom stereocenters. The Kier molecular flexibility index (Phi) is 3.54. The lowest BCUT2D eigenvalue weighted by atomic mass is 10.2. The lowest BCUT2D eigenvalue weighted by molar-refractivity contribution is 0.0697. The number of aromatic nitrogens is 1. The molecule has 1 aromatic heterocycles. The molecule has 88 valence electrons. The summed E-state index contributed by atoms with van der Waals surface area (Å²) in [5, 5.41) is 9.55. The zero-order valence-electron chi connectivity index (χ0n) is 8.73. The molecule has 0 spiro atoms. The van der Waals surface area contributed by atoms with E-state index < -0.39 is 5.97 Å². The van der Waals surface area contributed by atoms with Gasteiger partial charge in [-0.2, -0.15) is 0 Å². The Morgan fingerprint density at radius 1 is 1.41 bits per heavy atom. The fraction of sp³-hybridized carbons (Fsp3) is 0.0833. The Labute approximate surface area is 112 Å². The van der Waals surface area contributed by atoms with E-state index in [1.807, 2.05) is 22.8 Å². The van der Waals surface area contributed by atoms with Crippen molar-refractivity contribution in [2.75, 3.05) is 0 Å². The summed E-state index contributed by atoms with van der Waals surface area (Å²) in [4.78, 5) is 10.8. The Morgan fingerprint density at radius 3 is 2.76 bits per heavy atom. The molecule has 17 heavy (non-hydrogen) atoms. The third kappa shape index (κ3) is 2.90. The molecule has 1 N–H and O–H groups in total. The van der Waals surface area contributed by atoms with Gasteiger partial charge in [-0.1, -0.05) is 23.7 Å². The molecule has 2 aromatic rings. The molecule has 0 saturated heterocycles. The molecule has 0 saturated carbocycles. The van der Waals surface area contributed by atoms with Crippen molar-refractivity contribution in [3.63, 3.8) is 0 Å². The van der Waals surface area contributed by atoms with Crippen molar-refractivity contribution in [3.8, 4) is 0 Å². The Hall–Kier alpha value is -1.26. The van der Waals surface area contributed by atoms with Gasteiger partial charge in [0.25, 0.3) is 0 Å². The molecule has 0 aliphatic rings. The molecule has 0 aliphatic heterocycles. The summed E-state index contributed by atoms with van der Waals surface area (Å²) in [5.74, 6) is -0.935. The largest absolute Gasteiger partial charge is 0.478 e. The van der Waals surface area contributed by atoms with Crippen LogP contribution in [0.15, 0.2) is 41.1 Å². The zero-order chi connectivity index (χ0) is 12.4. The maximum atomic E-state index is 10.8. The highest BCUT2D eigenvalue weighted by molar-refractivity contribution is 9.10. The minimum Gasteiger partial charge on any atom is -0.478 e. The van der Waals surface area contributed by atoms with Gasteiger partial charge < -0.3 is 9.67 Å². The summed E-state index contributed by atoms with van der Waals surface area (Å²) in [6.07, 6.45) is 1.59. The number of carboxylic acids is 1. The maximum absolute atomic E-state index is 10.8. The molecule has 0 amide bonds. The predicted octanol–water partition coefficient (Wildman–Crippen LogP) is 3.65. The average molecular weight is 315 g/mol. The third-order valence-electron chi connectivity index (χ3n) is 2.33. The number of hydrogen-bond donors (Lipinski definition) is 1. The van der Waals surface area contributed by atoms with Crippen molar-refractivity contribution in [1.29, 1.82) is 0 Å². The number of carbonyl (C=O) groups is 1. The van der Waals surface area contributed by atoms with Crippen LogP contribution >= 0.6 is 27.5 Å². The molecular weight excluding hydrogens is 305 g/mol. The van der Waals surface area contributed by atoms with Crippen molar-refractivity contribution >= 4 is 33.5 Å². The number of carboxylic acid groups (broad SMARTS) is 1. The quantitative estimate of drug-likeness (QED) is 0.939. The van der Waals surface area contributed by atoms with Gasteiger partial charge in [-0.15, -0.1) is 0 Å². The first-order valence-corrected chi connectivity index (χ1v) is 6.07. The van der Waals surface area contributed by atoms with Gasteiger partial charge in [0.05, 0.1) is 10.2 Å². The summed E-state index contributed by atoms with van der Waals surface area (Å²) >= 11 is 9.22. The minimum absolute atomic E-state index is 0.263. The van der Waals surface area contributed by atoms with Crippen molar-refractivity contribution in [3.05, 3.63) is 57.3 Å². The number of halogens is 2. The van der Waals surface area contributed by atoms with Crippen LogP contribution in [0.4, 0.5) is 0 Å². The Balaban J connectivity index is 2.27. The van der Waals surface area contributed by atoms with Crippen molar-refractivity contribution in [2.24, 2.45) is 0 Å². The maximum Gasteiger partial charge on any atom is 0.337 e. The van der Waals surface area contributed by atoms with E-state index in [9.17, 15) is 4.79 Å². The molecule has 3 nitrogen and oxygen atoms in total. The van der Waals surface area contributed by atoms with E-state index in [1.165, 1.54) is 0 Å². The van der Waals surface area contributed by atoms with Crippen LogP contribution in [0.3, 0.4) is 0 Å². The van der Waals surface area contributed by atoms with Gasteiger partial charge in [0.15, 0.2) is 0 Å². The monoisotopic (exact) mass is 313 g/mol. The predicted molar refractivity (Wildman–Crippen MR) is 69.6 cm³/mol. The van der Waals surface area contributed by atoms with Crippen LogP contribution in [0.5, 0.6) is 0 Å². The van der Waals surface area contributed by atoms with Gasteiger partial charge in [0, 0.05) is 17.8 Å². The summed E-state index contributed by atoms with van der Waals surface area (Å²) in [6, 6.07) is 9.05. The first-order chi connectivity index (χ1) is 8.06. The highest BCUT2D eigenvalue weighted by Gasteiger charge is 2.09. The van der Waals surface area contributed by atoms with Crippen LogP contribution < -0.4 is 0 Å². The topological polar surface area (TPSA) is 42.2 Å². The molecule has 0 bridgehead atoms. The second-order valence-corrected chi connectivity index (χ2v) is 4.86. The number of hydrogen-bond acceptors (Lipinski definition) is 1. The van der Waals surface area contributed by atoms with Gasteiger partial charge in [0.1, 0.15) is 0 Å². The van der Waals surface area contributed by atoms with Gasteiger partial charge in [-0.05, 0) is 39.7 Å². The lowest BCUT2D eigenvalue weighted by Gasteiger charge is -2.05. The highest BCUT2D eigenvalue weighted by Crippen LogP contribution is 2.18. The standard InChI is InChI=1S/C12H9BrClNO2/c13-11-5-9(12(16)17)7-15(11)6-8-2-1-3-10(14)4-8/h1-5,7H,6H2,(H,16,17). The van der Waals surface area contributed by atoms with Crippen molar-refractivity contribution in [2.45, 2.75) is 6.54 Å². The van der Waals surface area contributed by atoms with Gasteiger partial charge in [0.2, 0.25) is 0 Å². The SMILES string of the molecule is O=C(O)c1cc(Br)n(Cc2cccc(Cl)c2)c1. The number of nitrogens with zero attached hydrogens (tertiary/aromatic N) is 1. The van der Waals surface area contributed by atoms with Crippen LogP contribution in [0.2, 0.25) is 5.02 Å². The smallest absolute Gasteiger partial charge is 0.337 e.